The summed E-state index contributed by atoms with van der Waals surface area (Å²) in [5.74, 6) is 0.160. The van der Waals surface area contributed by atoms with Gasteiger partial charge in [0.05, 0.1) is 12.1 Å². The average molecular weight is 387 g/mol. The molecule has 1 saturated carbocycles. The first-order valence-electron chi connectivity index (χ1n) is 9.82. The van der Waals surface area contributed by atoms with Crippen LogP contribution in [0.3, 0.4) is 0 Å². The number of likely N-dealkylation sites (tertiary alicyclic amines) is 1. The van der Waals surface area contributed by atoms with E-state index < -0.39 is 6.04 Å². The maximum Gasteiger partial charge on any atom is 0.332 e. The number of carbonyl (C=O) groups excluding carboxylic acids is 3. The number of benzene rings is 1. The van der Waals surface area contributed by atoms with Crippen molar-refractivity contribution in [3.05, 3.63) is 41.9 Å². The predicted octanol–water partition coefficient (Wildman–Crippen LogP) is 2.32. The smallest absolute Gasteiger partial charge is 0.332 e. The van der Waals surface area contributed by atoms with Gasteiger partial charge in [-0.3, -0.25) is 9.59 Å². The molecule has 3 atom stereocenters. The number of hydrogen-bond donors (Lipinski definition) is 0. The quantitative estimate of drug-likeness (QED) is 0.585. The van der Waals surface area contributed by atoms with Gasteiger partial charge in [-0.2, -0.15) is 0 Å². The lowest BCUT2D eigenvalue weighted by atomic mass is 10.1. The first-order valence-corrected chi connectivity index (χ1v) is 9.82. The van der Waals surface area contributed by atoms with Gasteiger partial charge in [0.25, 0.3) is 11.7 Å². The van der Waals surface area contributed by atoms with Crippen LogP contribution in [0.4, 0.5) is 16.3 Å². The van der Waals surface area contributed by atoms with Crippen molar-refractivity contribution in [2.75, 3.05) is 11.4 Å². The summed E-state index contributed by atoms with van der Waals surface area (Å²) >= 11 is 0. The van der Waals surface area contributed by atoms with Gasteiger partial charge in [-0.15, -0.1) is 4.98 Å². The van der Waals surface area contributed by atoms with Crippen molar-refractivity contribution in [3.63, 3.8) is 0 Å². The minimum atomic E-state index is -0.622. The molecule has 29 heavy (non-hydrogen) atoms. The number of hydrogen-bond acceptors (Lipinski definition) is 4. The van der Waals surface area contributed by atoms with Crippen molar-refractivity contribution in [3.8, 4) is 0 Å². The van der Waals surface area contributed by atoms with E-state index >= 15 is 0 Å². The third kappa shape index (κ3) is 2.07. The van der Waals surface area contributed by atoms with Gasteiger partial charge < -0.3 is 14.6 Å². The van der Waals surface area contributed by atoms with Gasteiger partial charge >= 0.3 is 6.03 Å². The fourth-order valence-electron chi connectivity index (χ4n) is 5.13. The van der Waals surface area contributed by atoms with Gasteiger partial charge in [0.1, 0.15) is 17.9 Å². The molecule has 3 aliphatic heterocycles. The largest absolute Gasteiger partial charge is 0.360 e. The van der Waals surface area contributed by atoms with Crippen LogP contribution in [-0.4, -0.2) is 57.3 Å². The lowest BCUT2D eigenvalue weighted by Gasteiger charge is -2.35. The molecule has 8 nitrogen and oxygen atoms in total. The Bertz CT molecular complexity index is 1150. The number of pyridine rings is 1. The Balaban J connectivity index is 1.41. The maximum absolute atomic E-state index is 13.4. The van der Waals surface area contributed by atoms with Crippen LogP contribution in [-0.2, 0) is 9.59 Å². The monoisotopic (exact) mass is 387 g/mol. The second-order valence-electron chi connectivity index (χ2n) is 8.15. The highest BCUT2D eigenvalue weighted by Crippen LogP contribution is 2.45. The number of amides is 4. The lowest BCUT2D eigenvalue weighted by Crippen LogP contribution is -2.55. The van der Waals surface area contributed by atoms with E-state index in [9.17, 15) is 14.4 Å². The molecule has 4 amide bonds. The molecule has 2 bridgehead atoms. The summed E-state index contributed by atoms with van der Waals surface area (Å²) in [6.07, 6.45) is 3.95. The number of nitrogens with zero attached hydrogens (tertiary/aromatic N) is 5. The van der Waals surface area contributed by atoms with Crippen LogP contribution >= 0.6 is 0 Å². The number of piperazine rings is 1. The second kappa shape index (κ2) is 5.54. The third-order valence-electron chi connectivity index (χ3n) is 6.57. The summed E-state index contributed by atoms with van der Waals surface area (Å²) < 4.78 is 0. The molecule has 6 rings (SSSR count). The molecular formula is C21H17N5O3. The summed E-state index contributed by atoms with van der Waals surface area (Å²) in [5.41, 5.74) is 0.400. The fraction of sp³-hybridized carbons (Fsp3) is 0.381. The summed E-state index contributed by atoms with van der Waals surface area (Å²) in [4.78, 5) is 51.6. The molecule has 3 saturated heterocycles. The molecule has 0 radical (unpaired) electrons. The zero-order valence-electron chi connectivity index (χ0n) is 15.5. The lowest BCUT2D eigenvalue weighted by molar-refractivity contribution is -0.136. The third-order valence-corrected chi connectivity index (χ3v) is 6.57. The summed E-state index contributed by atoms with van der Waals surface area (Å²) in [7, 11) is 0. The van der Waals surface area contributed by atoms with Crippen molar-refractivity contribution < 1.29 is 14.4 Å². The highest BCUT2D eigenvalue weighted by atomic mass is 16.2. The number of rotatable bonds is 2. The first-order chi connectivity index (χ1) is 14.1. The van der Waals surface area contributed by atoms with Crippen molar-refractivity contribution >= 4 is 40.1 Å². The molecule has 4 heterocycles. The van der Waals surface area contributed by atoms with Crippen LogP contribution in [0.15, 0.2) is 30.5 Å². The van der Waals surface area contributed by atoms with E-state index in [4.69, 9.17) is 6.57 Å². The van der Waals surface area contributed by atoms with E-state index in [-0.39, 0.29) is 41.7 Å². The van der Waals surface area contributed by atoms with Crippen molar-refractivity contribution in [1.82, 2.24) is 14.8 Å². The van der Waals surface area contributed by atoms with Crippen LogP contribution < -0.4 is 4.90 Å². The minimum absolute atomic E-state index is 0.0976. The zero-order chi connectivity index (χ0) is 19.9. The molecule has 144 valence electrons. The van der Waals surface area contributed by atoms with Crippen LogP contribution in [0, 0.1) is 12.5 Å². The summed E-state index contributed by atoms with van der Waals surface area (Å²) in [5, 5.41) is 1.26. The van der Waals surface area contributed by atoms with E-state index in [2.05, 4.69) is 9.83 Å². The highest BCUT2D eigenvalue weighted by molar-refractivity contribution is 6.25. The molecule has 2 aromatic rings. The standard InChI is InChI=1S/C21H17N5O3/c1-22-18-14-5-3-2-4-13(14)16(9-23-18)26-20(28)17-15-8-12(25(17)21(26)29)10-24(15)19(27)11-6-7-11/h2-5,9,11-12,15,17H,6-8,10H2/t12?,15?,17-/m1/s1. The van der Waals surface area contributed by atoms with Crippen LogP contribution in [0.1, 0.15) is 19.3 Å². The molecule has 0 N–H and O–H groups in total. The van der Waals surface area contributed by atoms with Crippen molar-refractivity contribution in [2.45, 2.75) is 37.4 Å². The van der Waals surface area contributed by atoms with Crippen LogP contribution in [0.2, 0.25) is 0 Å². The normalized spacial score (nSPS) is 27.7. The zero-order valence-corrected chi connectivity index (χ0v) is 15.5. The predicted molar refractivity (Wildman–Crippen MR) is 103 cm³/mol. The van der Waals surface area contributed by atoms with E-state index in [1.54, 1.807) is 23.1 Å². The number of carbonyl (C=O) groups is 3. The topological polar surface area (TPSA) is 78.2 Å². The highest BCUT2D eigenvalue weighted by Gasteiger charge is 2.63. The number of anilines is 1. The number of aromatic nitrogens is 1. The molecule has 1 aromatic heterocycles. The molecule has 8 heteroatoms. The molecule has 0 spiro atoms. The molecule has 1 aliphatic carbocycles. The molecule has 1 aromatic carbocycles. The Morgan fingerprint density at radius 2 is 1.93 bits per heavy atom. The van der Waals surface area contributed by atoms with Crippen LogP contribution in [0.25, 0.3) is 15.6 Å². The van der Waals surface area contributed by atoms with Gasteiger partial charge in [-0.25, -0.2) is 9.69 Å². The van der Waals surface area contributed by atoms with Gasteiger partial charge in [-0.1, -0.05) is 30.8 Å². The summed E-state index contributed by atoms with van der Waals surface area (Å²) in [6, 6.07) is 5.85. The Labute approximate surface area is 166 Å². The maximum atomic E-state index is 13.4. The average Bonchev–Trinajstić information content (AvgIpc) is 3.33. The fourth-order valence-corrected chi connectivity index (χ4v) is 5.13. The first kappa shape index (κ1) is 16.5. The van der Waals surface area contributed by atoms with Gasteiger partial charge in [0.2, 0.25) is 5.91 Å². The molecule has 2 unspecified atom stereocenters. The SMILES string of the molecule is [C-]#[N+]c1ncc(N2C(=O)[C@H]3C4CC(CN4C(=O)C4CC4)N3C2=O)c2ccccc12. The van der Waals surface area contributed by atoms with Gasteiger partial charge in [0.15, 0.2) is 0 Å². The van der Waals surface area contributed by atoms with Gasteiger partial charge in [0, 0.05) is 23.2 Å². The van der Waals surface area contributed by atoms with E-state index in [0.717, 1.165) is 12.8 Å². The Kier molecular flexibility index (Phi) is 3.15. The molecular weight excluding hydrogens is 370 g/mol. The molecule has 4 fully saturated rings. The Morgan fingerprint density at radius 1 is 1.17 bits per heavy atom. The Hall–Kier alpha value is -3.47. The summed E-state index contributed by atoms with van der Waals surface area (Å²) in [6.45, 7) is 7.83. The van der Waals surface area contributed by atoms with E-state index in [1.807, 2.05) is 11.0 Å². The van der Waals surface area contributed by atoms with E-state index in [1.165, 1.54) is 11.1 Å². The van der Waals surface area contributed by atoms with Crippen molar-refractivity contribution in [1.29, 1.82) is 0 Å². The Morgan fingerprint density at radius 3 is 2.66 bits per heavy atom. The van der Waals surface area contributed by atoms with E-state index in [0.29, 0.717) is 29.4 Å². The van der Waals surface area contributed by atoms with Crippen molar-refractivity contribution in [2.24, 2.45) is 5.92 Å². The number of fused-ring (bicyclic) bond motifs is 6. The second-order valence-corrected chi connectivity index (χ2v) is 8.15. The molecule has 4 aliphatic rings. The number of urea groups is 1. The van der Waals surface area contributed by atoms with Gasteiger partial charge in [-0.05, 0) is 19.3 Å². The minimum Gasteiger partial charge on any atom is -0.360 e. The van der Waals surface area contributed by atoms with Crippen LogP contribution in [0.5, 0.6) is 0 Å². The number of imide groups is 1.